The average molecular weight is 788 g/mol. The van der Waals surface area contributed by atoms with E-state index in [1.54, 1.807) is 36.4 Å². The van der Waals surface area contributed by atoms with Crippen LogP contribution in [0.1, 0.15) is 34.3 Å². The van der Waals surface area contributed by atoms with E-state index in [1.165, 1.54) is 23.3 Å². The summed E-state index contributed by atoms with van der Waals surface area (Å²) in [4.78, 5) is 77.9. The zero-order valence-electron chi connectivity index (χ0n) is 29.7. The first-order valence-corrected chi connectivity index (χ1v) is 18.8. The third-order valence-corrected chi connectivity index (χ3v) is 9.81. The highest BCUT2D eigenvalue weighted by Gasteiger charge is 2.30. The summed E-state index contributed by atoms with van der Waals surface area (Å²) < 4.78 is 28.2. The topological polar surface area (TPSA) is 280 Å². The predicted octanol–water partition coefficient (Wildman–Crippen LogP) is 1.83. The second-order valence-electron chi connectivity index (χ2n) is 12.5. The number of carbonyl (C=O) groups excluding carboxylic acids is 3. The lowest BCUT2D eigenvalue weighted by atomic mass is 9.97. The summed E-state index contributed by atoms with van der Waals surface area (Å²) in [6.07, 6.45) is 1.06. The number of benzene rings is 3. The summed E-state index contributed by atoms with van der Waals surface area (Å²) in [6.45, 7) is 0.781. The van der Waals surface area contributed by atoms with Crippen molar-refractivity contribution in [2.45, 2.75) is 29.8 Å². The van der Waals surface area contributed by atoms with Crippen LogP contribution >= 0.6 is 0 Å². The van der Waals surface area contributed by atoms with E-state index < -0.39 is 51.7 Å². The quantitative estimate of drug-likeness (QED) is 0.0752. The van der Waals surface area contributed by atoms with Crippen LogP contribution in [0, 0.1) is 0 Å². The maximum absolute atomic E-state index is 12.3. The van der Waals surface area contributed by atoms with Crippen LogP contribution in [0.2, 0.25) is 0 Å². The number of nitrogen functional groups attached to an aromatic ring is 1. The van der Waals surface area contributed by atoms with E-state index in [9.17, 15) is 42.3 Å². The maximum Gasteiger partial charge on any atom is 0.339 e. The van der Waals surface area contributed by atoms with Crippen LogP contribution in [0.15, 0.2) is 88.6 Å². The summed E-state index contributed by atoms with van der Waals surface area (Å²) in [6, 6.07) is 20.2. The molecule has 292 valence electrons. The number of fused-ring (bicyclic) bond motifs is 1. The number of carbonyl (C=O) groups is 5. The molecule has 0 bridgehead atoms. The Bertz CT molecular complexity index is 2330. The highest BCUT2D eigenvalue weighted by atomic mass is 32.2. The van der Waals surface area contributed by atoms with Crippen LogP contribution in [0.5, 0.6) is 0 Å². The van der Waals surface area contributed by atoms with Crippen molar-refractivity contribution < 1.29 is 47.3 Å². The van der Waals surface area contributed by atoms with E-state index in [1.807, 2.05) is 30.3 Å². The number of ether oxygens (including phenoxy) is 1. The molecule has 56 heavy (non-hydrogen) atoms. The Morgan fingerprint density at radius 1 is 1.02 bits per heavy atom. The first-order valence-electron chi connectivity index (χ1n) is 16.9. The van der Waals surface area contributed by atoms with Gasteiger partial charge >= 0.3 is 23.5 Å². The van der Waals surface area contributed by atoms with Crippen LogP contribution in [-0.4, -0.2) is 96.9 Å². The monoisotopic (exact) mass is 787 g/mol. The lowest BCUT2D eigenvalue weighted by molar-refractivity contribution is -0.140. The van der Waals surface area contributed by atoms with Gasteiger partial charge < -0.3 is 46.5 Å². The van der Waals surface area contributed by atoms with Gasteiger partial charge in [0.1, 0.15) is 18.5 Å². The van der Waals surface area contributed by atoms with Gasteiger partial charge in [0.05, 0.1) is 16.5 Å². The van der Waals surface area contributed by atoms with E-state index in [0.29, 0.717) is 30.0 Å². The number of aromatic amines is 1. The van der Waals surface area contributed by atoms with Crippen LogP contribution in [-0.2, 0) is 33.8 Å². The summed E-state index contributed by atoms with van der Waals surface area (Å²) in [5.74, 6) is -3.26. The lowest BCUT2D eigenvalue weighted by Gasteiger charge is -2.34. The number of sulfone groups is 1. The molecule has 1 unspecified atom stereocenters. The molecule has 3 heterocycles. The Labute approximate surface area is 319 Å². The van der Waals surface area contributed by atoms with Gasteiger partial charge in [0.2, 0.25) is 12.4 Å². The van der Waals surface area contributed by atoms with E-state index in [2.05, 4.69) is 25.9 Å². The van der Waals surface area contributed by atoms with Gasteiger partial charge in [-0.05, 0) is 53.9 Å². The van der Waals surface area contributed by atoms with Gasteiger partial charge in [-0.2, -0.15) is 4.98 Å². The molecule has 0 saturated heterocycles. The van der Waals surface area contributed by atoms with Gasteiger partial charge in [0.25, 0.3) is 5.91 Å². The van der Waals surface area contributed by atoms with Crippen molar-refractivity contribution in [1.82, 2.24) is 15.3 Å². The Kier molecular flexibility index (Phi) is 12.5. The van der Waals surface area contributed by atoms with Gasteiger partial charge in [0, 0.05) is 42.6 Å². The van der Waals surface area contributed by atoms with E-state index in [4.69, 9.17) is 15.6 Å². The number of nitrogens with two attached hydrogens (primary N) is 1. The van der Waals surface area contributed by atoms with Crippen LogP contribution in [0.4, 0.5) is 23.1 Å². The van der Waals surface area contributed by atoms with Gasteiger partial charge in [-0.3, -0.25) is 19.2 Å². The Hall–Kier alpha value is -7.02. The van der Waals surface area contributed by atoms with Crippen molar-refractivity contribution in [3.63, 3.8) is 0 Å². The number of aromatic nitrogens is 2. The third-order valence-electron chi connectivity index (χ3n) is 8.68. The maximum atomic E-state index is 12.3. The van der Waals surface area contributed by atoms with Crippen molar-refractivity contribution in [2.24, 2.45) is 0 Å². The molecule has 2 aliphatic rings. The van der Waals surface area contributed by atoms with Crippen molar-refractivity contribution in [3.05, 3.63) is 106 Å². The molecule has 0 fully saturated rings. The van der Waals surface area contributed by atoms with Gasteiger partial charge in [-0.1, -0.05) is 42.5 Å². The standard InChI is InChI=1S/C20H23N7O7.C17H14O4S/c21-20-25-16-15(18(32)26-20)27(9-28)12(8-23-16)7-22-11-3-1-10(2-4-11)17(31)24-13(19(33)34)5-6-14(29)30;1-22(19,20)14-9-7-12(8-10-14)15-11-21-17(18)16(15)13-5-3-2-4-6-13/h1-4,9,12-13,22H,5-8H2,(H,24,31)(H,29,30)(H,33,34)(H4,21,23,25,26,32);2-10H,11H2,1H3/t12?,13-;/m0./s1. The van der Waals surface area contributed by atoms with Crippen molar-refractivity contribution >= 4 is 74.3 Å². The number of nitrogens with zero attached hydrogens (tertiary/aromatic N) is 2. The number of hydrogen-bond acceptors (Lipinski definition) is 13. The molecule has 0 saturated carbocycles. The molecule has 19 heteroatoms. The average Bonchev–Trinajstić information content (AvgIpc) is 3.56. The van der Waals surface area contributed by atoms with Crippen molar-refractivity contribution in [1.29, 1.82) is 0 Å². The number of esters is 1. The molecule has 1 aromatic heterocycles. The van der Waals surface area contributed by atoms with Gasteiger partial charge in [0.15, 0.2) is 15.5 Å². The smallest absolute Gasteiger partial charge is 0.339 e. The fourth-order valence-corrected chi connectivity index (χ4v) is 6.47. The molecular formula is C37H37N7O11S. The fraction of sp³-hybridized carbons (Fsp3) is 0.216. The number of carboxylic acids is 2. The molecule has 3 aromatic carbocycles. The number of cyclic esters (lactones) is 1. The first kappa shape index (κ1) is 40.2. The molecule has 2 atom stereocenters. The summed E-state index contributed by atoms with van der Waals surface area (Å²) >= 11 is 0. The third kappa shape index (κ3) is 9.74. The molecule has 0 aliphatic carbocycles. The molecule has 2 aliphatic heterocycles. The van der Waals surface area contributed by atoms with E-state index in [0.717, 1.165) is 16.7 Å². The molecule has 0 radical (unpaired) electrons. The zero-order chi connectivity index (χ0) is 40.6. The Morgan fingerprint density at radius 3 is 2.30 bits per heavy atom. The summed E-state index contributed by atoms with van der Waals surface area (Å²) in [5.41, 5.74) is 8.64. The summed E-state index contributed by atoms with van der Waals surface area (Å²) in [5, 5.41) is 26.3. The van der Waals surface area contributed by atoms with Crippen LogP contribution in [0.3, 0.4) is 0 Å². The highest BCUT2D eigenvalue weighted by Crippen LogP contribution is 2.33. The molecule has 18 nitrogen and oxygen atoms in total. The molecule has 6 rings (SSSR count). The Balaban J connectivity index is 0.000000234. The van der Waals surface area contributed by atoms with Gasteiger partial charge in [-0.25, -0.2) is 18.0 Å². The number of rotatable bonds is 13. The number of H-pyrrole nitrogens is 1. The molecule has 8 N–H and O–H groups in total. The Morgan fingerprint density at radius 2 is 1.70 bits per heavy atom. The molecule has 2 amide bonds. The minimum absolute atomic E-state index is 0.0603. The number of anilines is 4. The van der Waals surface area contributed by atoms with Crippen molar-refractivity contribution in [3.8, 4) is 0 Å². The molecular weight excluding hydrogens is 751 g/mol. The largest absolute Gasteiger partial charge is 0.481 e. The highest BCUT2D eigenvalue weighted by molar-refractivity contribution is 7.90. The lowest BCUT2D eigenvalue weighted by Crippen LogP contribution is -2.50. The first-order chi connectivity index (χ1) is 26.7. The second-order valence-corrected chi connectivity index (χ2v) is 14.6. The summed E-state index contributed by atoms with van der Waals surface area (Å²) in [7, 11) is -3.23. The van der Waals surface area contributed by atoms with E-state index >= 15 is 0 Å². The number of aliphatic carboxylic acids is 2. The van der Waals surface area contributed by atoms with Crippen molar-refractivity contribution in [2.75, 3.05) is 47.2 Å². The minimum atomic E-state index is -3.23. The van der Waals surface area contributed by atoms with Gasteiger partial charge in [-0.15, -0.1) is 0 Å². The molecule has 4 aromatic rings. The second kappa shape index (κ2) is 17.4. The molecule has 0 spiro atoms. The van der Waals surface area contributed by atoms with Crippen LogP contribution < -0.4 is 32.1 Å². The number of hydrogen-bond donors (Lipinski definition) is 7. The number of nitrogens with one attached hydrogen (secondary N) is 4. The predicted molar refractivity (Wildman–Crippen MR) is 205 cm³/mol. The number of carboxylic acid groups (broad SMARTS) is 2. The minimum Gasteiger partial charge on any atom is -0.481 e. The van der Waals surface area contributed by atoms with E-state index in [-0.39, 0.29) is 47.6 Å². The SMILES string of the molecule is CS(=O)(=O)c1ccc(C2=C(c3ccccc3)C(=O)OC2)cc1.Nc1nc(=O)c2c([nH]1)NCC(CNc1ccc(C(=O)N[C@@H](CCC(=O)O)C(=O)O)cc1)N2C=O. The fourth-order valence-electron chi connectivity index (χ4n) is 5.84. The zero-order valence-corrected chi connectivity index (χ0v) is 30.5. The normalized spacial score (nSPS) is 15.3. The number of amides is 2. The van der Waals surface area contributed by atoms with Crippen LogP contribution in [0.25, 0.3) is 11.1 Å².